The van der Waals surface area contributed by atoms with Crippen molar-refractivity contribution in [1.29, 1.82) is 0 Å². The van der Waals surface area contributed by atoms with Crippen molar-refractivity contribution in [2.24, 2.45) is 0 Å². The van der Waals surface area contributed by atoms with Gasteiger partial charge in [0.25, 0.3) is 0 Å². The highest BCUT2D eigenvalue weighted by atomic mass is 16.5. The normalized spacial score (nSPS) is 13.5. The largest absolute Gasteiger partial charge is 0.618 e. The van der Waals surface area contributed by atoms with Gasteiger partial charge in [0.2, 0.25) is 11.4 Å². The summed E-state index contributed by atoms with van der Waals surface area (Å²) in [7, 11) is 0. The highest BCUT2D eigenvalue weighted by Crippen LogP contribution is 2.38. The number of aliphatic hydroxyl groups excluding tert-OH is 2. The average molecular weight is 418 g/mol. The van der Waals surface area contributed by atoms with Crippen LogP contribution in [0.5, 0.6) is 0 Å². The van der Waals surface area contributed by atoms with Gasteiger partial charge in [-0.05, 0) is 41.5 Å². The Kier molecular flexibility index (Phi) is 5.70. The molecule has 0 unspecified atom stereocenters. The number of carboxylic acid groups (broad SMARTS) is 1. The van der Waals surface area contributed by atoms with Crippen molar-refractivity contribution in [2.75, 3.05) is 31.2 Å². The fourth-order valence-electron chi connectivity index (χ4n) is 3.94. The number of hydrogen-bond donors (Lipinski definition) is 3. The van der Waals surface area contributed by atoms with E-state index in [1.54, 1.807) is 36.4 Å². The number of fused-ring (bicyclic) bond motifs is 3. The van der Waals surface area contributed by atoms with Gasteiger partial charge in [0.15, 0.2) is 0 Å². The van der Waals surface area contributed by atoms with Crippen molar-refractivity contribution >= 4 is 23.1 Å². The maximum absolute atomic E-state index is 13.4. The van der Waals surface area contributed by atoms with Crippen molar-refractivity contribution in [2.45, 2.75) is 0 Å². The summed E-state index contributed by atoms with van der Waals surface area (Å²) in [5.41, 5.74) is 4.76. The number of anilines is 1. The lowest BCUT2D eigenvalue weighted by Crippen LogP contribution is -2.29. The second kappa shape index (κ2) is 8.59. The monoisotopic (exact) mass is 418 g/mol. The van der Waals surface area contributed by atoms with Gasteiger partial charge in [-0.25, -0.2) is 4.79 Å². The molecule has 0 radical (unpaired) electrons. The van der Waals surface area contributed by atoms with Gasteiger partial charge in [-0.3, -0.25) is 0 Å². The maximum atomic E-state index is 13.4. The zero-order valence-electron chi connectivity index (χ0n) is 16.7. The van der Waals surface area contributed by atoms with E-state index in [0.29, 0.717) is 30.1 Å². The lowest BCUT2D eigenvalue weighted by atomic mass is 10.0. The van der Waals surface area contributed by atoms with Crippen molar-refractivity contribution in [3.63, 3.8) is 0 Å². The Morgan fingerprint density at radius 2 is 1.45 bits per heavy atom. The SMILES string of the molecule is O=C(O)c1ccc2c(c1)C(=[N+]([O-])c1ccc(N(CCO)CCO)cc1)c1ccccc1-2. The third kappa shape index (κ3) is 3.76. The molecule has 0 fully saturated rings. The van der Waals surface area contributed by atoms with Gasteiger partial charge >= 0.3 is 5.97 Å². The number of aromatic carboxylic acids is 1. The molecule has 3 aromatic rings. The predicted octanol–water partition coefficient (Wildman–Crippen LogP) is 2.84. The molecule has 7 heteroatoms. The summed E-state index contributed by atoms with van der Waals surface area (Å²) in [6.07, 6.45) is 0. The Labute approximate surface area is 179 Å². The van der Waals surface area contributed by atoms with E-state index in [0.717, 1.165) is 27.1 Å². The van der Waals surface area contributed by atoms with E-state index in [2.05, 4.69) is 0 Å². The number of benzene rings is 3. The minimum absolute atomic E-state index is 0.0488. The second-order valence-electron chi connectivity index (χ2n) is 7.20. The fourth-order valence-corrected chi connectivity index (χ4v) is 3.94. The van der Waals surface area contributed by atoms with Crippen LogP contribution < -0.4 is 4.90 Å². The fraction of sp³-hybridized carbons (Fsp3) is 0.167. The van der Waals surface area contributed by atoms with Crippen molar-refractivity contribution in [1.82, 2.24) is 0 Å². The number of aliphatic hydroxyl groups is 2. The third-order valence-corrected chi connectivity index (χ3v) is 5.39. The molecule has 3 aromatic carbocycles. The van der Waals surface area contributed by atoms with Crippen LogP contribution in [-0.4, -0.2) is 58.0 Å². The smallest absolute Gasteiger partial charge is 0.335 e. The molecule has 0 saturated carbocycles. The molecular formula is C24H22N2O5. The molecule has 1 aliphatic rings. The number of hydrogen-bond acceptors (Lipinski definition) is 5. The number of carbonyl (C=O) groups is 1. The summed E-state index contributed by atoms with van der Waals surface area (Å²) < 4.78 is 0.822. The molecule has 7 nitrogen and oxygen atoms in total. The molecule has 0 aliphatic heterocycles. The quantitative estimate of drug-likeness (QED) is 0.242. The Morgan fingerprint density at radius 1 is 0.839 bits per heavy atom. The molecule has 3 N–H and O–H groups in total. The highest BCUT2D eigenvalue weighted by Gasteiger charge is 2.32. The van der Waals surface area contributed by atoms with Gasteiger partial charge in [0.1, 0.15) is 0 Å². The van der Waals surface area contributed by atoms with Crippen LogP contribution in [0, 0.1) is 5.21 Å². The van der Waals surface area contributed by atoms with Gasteiger partial charge in [-0.2, -0.15) is 4.74 Å². The van der Waals surface area contributed by atoms with E-state index >= 15 is 0 Å². The third-order valence-electron chi connectivity index (χ3n) is 5.39. The van der Waals surface area contributed by atoms with Crippen molar-refractivity contribution < 1.29 is 24.9 Å². The Bertz CT molecular complexity index is 1150. The summed E-state index contributed by atoms with van der Waals surface area (Å²) in [6, 6.07) is 19.2. The molecule has 0 bridgehead atoms. The van der Waals surface area contributed by atoms with Gasteiger partial charge < -0.3 is 25.4 Å². The predicted molar refractivity (Wildman–Crippen MR) is 118 cm³/mol. The van der Waals surface area contributed by atoms with E-state index in [9.17, 15) is 25.3 Å². The Balaban J connectivity index is 1.81. The zero-order chi connectivity index (χ0) is 22.0. The van der Waals surface area contributed by atoms with E-state index in [4.69, 9.17) is 0 Å². The maximum Gasteiger partial charge on any atom is 0.335 e. The molecule has 0 spiro atoms. The van der Waals surface area contributed by atoms with Crippen molar-refractivity contribution in [3.05, 3.63) is 88.6 Å². The molecule has 0 heterocycles. The minimum Gasteiger partial charge on any atom is -0.618 e. The van der Waals surface area contributed by atoms with Crippen LogP contribution >= 0.6 is 0 Å². The van der Waals surface area contributed by atoms with Crippen LogP contribution in [0.25, 0.3) is 11.1 Å². The van der Waals surface area contributed by atoms with Crippen LogP contribution in [0.3, 0.4) is 0 Å². The molecule has 4 rings (SSSR count). The van der Waals surface area contributed by atoms with Crippen LogP contribution in [0.1, 0.15) is 21.5 Å². The molecule has 0 amide bonds. The van der Waals surface area contributed by atoms with E-state index in [1.165, 1.54) is 6.07 Å². The molecule has 0 atom stereocenters. The summed E-state index contributed by atoms with van der Waals surface area (Å²) in [5.74, 6) is -1.05. The molecule has 0 saturated heterocycles. The van der Waals surface area contributed by atoms with E-state index in [-0.39, 0.29) is 18.8 Å². The average Bonchev–Trinajstić information content (AvgIpc) is 3.12. The molecular weight excluding hydrogens is 396 g/mol. The van der Waals surface area contributed by atoms with Crippen LogP contribution in [0.2, 0.25) is 0 Å². The number of nitrogens with zero attached hydrogens (tertiary/aromatic N) is 2. The first-order valence-corrected chi connectivity index (χ1v) is 9.93. The lowest BCUT2D eigenvalue weighted by molar-refractivity contribution is -0.359. The van der Waals surface area contributed by atoms with Gasteiger partial charge in [-0.1, -0.05) is 24.3 Å². The summed E-state index contributed by atoms with van der Waals surface area (Å²) in [6.45, 7) is 0.647. The molecule has 0 aromatic heterocycles. The second-order valence-corrected chi connectivity index (χ2v) is 7.20. The first kappa shape index (κ1) is 20.6. The molecule has 158 valence electrons. The van der Waals surface area contributed by atoms with Gasteiger partial charge in [-0.15, -0.1) is 0 Å². The van der Waals surface area contributed by atoms with Gasteiger partial charge in [0.05, 0.1) is 29.9 Å². The first-order chi connectivity index (χ1) is 15.0. The summed E-state index contributed by atoms with van der Waals surface area (Å²) >= 11 is 0. The number of carboxylic acids is 1. The molecule has 31 heavy (non-hydrogen) atoms. The van der Waals surface area contributed by atoms with Gasteiger partial charge in [0, 0.05) is 30.9 Å². The standard InChI is InChI=1S/C24H22N2O5/c27-13-11-25(12-14-28)17-6-8-18(9-7-17)26(31)23-21-4-2-1-3-19(21)20-10-5-16(24(29)30)15-22(20)23/h1-10,15,27-28H,11-14H2,(H,29,30). The van der Waals surface area contributed by atoms with Crippen LogP contribution in [0.15, 0.2) is 66.7 Å². The lowest BCUT2D eigenvalue weighted by Gasteiger charge is -2.22. The highest BCUT2D eigenvalue weighted by molar-refractivity contribution is 6.23. The van der Waals surface area contributed by atoms with E-state index in [1.807, 2.05) is 29.2 Å². The number of rotatable bonds is 7. The first-order valence-electron chi connectivity index (χ1n) is 9.93. The summed E-state index contributed by atoms with van der Waals surface area (Å²) in [5, 5.41) is 41.3. The van der Waals surface area contributed by atoms with Crippen LogP contribution in [-0.2, 0) is 0 Å². The van der Waals surface area contributed by atoms with E-state index < -0.39 is 5.97 Å². The Hall–Kier alpha value is -3.68. The van der Waals surface area contributed by atoms with Crippen molar-refractivity contribution in [3.8, 4) is 11.1 Å². The zero-order valence-corrected chi connectivity index (χ0v) is 16.7. The van der Waals surface area contributed by atoms with Crippen LogP contribution in [0.4, 0.5) is 11.4 Å². The molecule has 1 aliphatic carbocycles. The minimum atomic E-state index is -1.05. The summed E-state index contributed by atoms with van der Waals surface area (Å²) in [4.78, 5) is 13.3. The Morgan fingerprint density at radius 3 is 2.06 bits per heavy atom. The topological polar surface area (TPSA) is 107 Å².